The number of amides is 2. The number of hydrogen-bond acceptors (Lipinski definition) is 6. The summed E-state index contributed by atoms with van der Waals surface area (Å²) in [5.74, 6) is -0.600. The molecular weight excluding hydrogens is 388 g/mol. The van der Waals surface area contributed by atoms with Crippen molar-refractivity contribution < 1.29 is 19.1 Å². The lowest BCUT2D eigenvalue weighted by atomic mass is 10.1. The molecule has 1 aliphatic heterocycles. The van der Waals surface area contributed by atoms with Gasteiger partial charge in [-0.2, -0.15) is 0 Å². The monoisotopic (exact) mass is 414 g/mol. The van der Waals surface area contributed by atoms with Crippen LogP contribution in [-0.2, 0) is 19.1 Å². The van der Waals surface area contributed by atoms with E-state index in [9.17, 15) is 9.59 Å². The molecule has 0 saturated carbocycles. The topological polar surface area (TPSA) is 59.1 Å². The van der Waals surface area contributed by atoms with Gasteiger partial charge in [0.1, 0.15) is 5.70 Å². The second kappa shape index (κ2) is 9.35. The largest absolute Gasteiger partial charge is 0.383 e. The van der Waals surface area contributed by atoms with Crippen molar-refractivity contribution in [3.8, 4) is 0 Å². The van der Waals surface area contributed by atoms with Crippen LogP contribution in [0.15, 0.2) is 41.4 Å². The van der Waals surface area contributed by atoms with Crippen molar-refractivity contribution in [3.63, 3.8) is 0 Å². The van der Waals surface area contributed by atoms with Crippen LogP contribution in [0.5, 0.6) is 0 Å². The zero-order valence-corrected chi connectivity index (χ0v) is 18.0. The van der Waals surface area contributed by atoms with Crippen LogP contribution in [0.25, 0.3) is 5.57 Å². The molecule has 2 heterocycles. The van der Waals surface area contributed by atoms with Gasteiger partial charge in [-0.05, 0) is 36.9 Å². The number of thiophene rings is 1. The van der Waals surface area contributed by atoms with Crippen molar-refractivity contribution in [2.24, 2.45) is 0 Å². The van der Waals surface area contributed by atoms with Crippen molar-refractivity contribution >= 4 is 34.4 Å². The highest BCUT2D eigenvalue weighted by molar-refractivity contribution is 7.11. The van der Waals surface area contributed by atoms with Gasteiger partial charge in [0.15, 0.2) is 0 Å². The standard InChI is InChI=1S/C22H26N2O4S/c1-15-7-8-17(16(2)14-15)24-21(25)19(18-6-5-13-29-18)20(22(24)26)23(9-11-27-3)10-12-28-4/h5-8,13-14H,9-12H2,1-4H3. The molecule has 0 aliphatic carbocycles. The number of methoxy groups -OCH3 is 2. The van der Waals surface area contributed by atoms with Gasteiger partial charge in [0, 0.05) is 32.2 Å². The maximum Gasteiger partial charge on any atom is 0.282 e. The molecule has 29 heavy (non-hydrogen) atoms. The van der Waals surface area contributed by atoms with E-state index in [0.717, 1.165) is 16.0 Å². The fraction of sp³-hybridized carbons (Fsp3) is 0.364. The lowest BCUT2D eigenvalue weighted by Crippen LogP contribution is -2.38. The maximum atomic E-state index is 13.6. The van der Waals surface area contributed by atoms with Crippen molar-refractivity contribution in [1.82, 2.24) is 4.90 Å². The van der Waals surface area contributed by atoms with Crippen molar-refractivity contribution in [1.29, 1.82) is 0 Å². The van der Waals surface area contributed by atoms with Gasteiger partial charge >= 0.3 is 0 Å². The summed E-state index contributed by atoms with van der Waals surface area (Å²) in [5.41, 5.74) is 3.44. The molecule has 6 nitrogen and oxygen atoms in total. The molecule has 0 atom stereocenters. The maximum absolute atomic E-state index is 13.6. The summed E-state index contributed by atoms with van der Waals surface area (Å²) in [5, 5.41) is 1.91. The third-order valence-electron chi connectivity index (χ3n) is 4.87. The smallest absolute Gasteiger partial charge is 0.282 e. The van der Waals surface area contributed by atoms with Gasteiger partial charge in [-0.3, -0.25) is 9.59 Å². The molecule has 2 aromatic rings. The van der Waals surface area contributed by atoms with Crippen LogP contribution >= 0.6 is 11.3 Å². The van der Waals surface area contributed by atoms with Crippen molar-refractivity contribution in [2.45, 2.75) is 13.8 Å². The fourth-order valence-corrected chi connectivity index (χ4v) is 4.23. The van der Waals surface area contributed by atoms with E-state index in [1.165, 1.54) is 16.2 Å². The van der Waals surface area contributed by atoms with E-state index >= 15 is 0 Å². The highest BCUT2D eigenvalue weighted by Crippen LogP contribution is 2.37. The van der Waals surface area contributed by atoms with Crippen LogP contribution in [0.2, 0.25) is 0 Å². The average molecular weight is 415 g/mol. The van der Waals surface area contributed by atoms with Gasteiger partial charge in [-0.1, -0.05) is 23.8 Å². The molecule has 0 N–H and O–H groups in total. The molecule has 7 heteroatoms. The Morgan fingerprint density at radius 2 is 1.69 bits per heavy atom. The summed E-state index contributed by atoms with van der Waals surface area (Å²) in [6.45, 7) is 5.77. The number of carbonyl (C=O) groups is 2. The number of ether oxygens (including phenoxy) is 2. The van der Waals surface area contributed by atoms with E-state index < -0.39 is 0 Å². The van der Waals surface area contributed by atoms with Gasteiger partial charge in [-0.15, -0.1) is 11.3 Å². The van der Waals surface area contributed by atoms with Crippen LogP contribution < -0.4 is 4.90 Å². The molecule has 0 bridgehead atoms. The summed E-state index contributed by atoms with van der Waals surface area (Å²) in [4.78, 5) is 31.0. The highest BCUT2D eigenvalue weighted by Gasteiger charge is 2.43. The van der Waals surface area contributed by atoms with Gasteiger partial charge in [0.25, 0.3) is 11.8 Å². The number of rotatable bonds is 9. The number of nitrogens with zero attached hydrogens (tertiary/aromatic N) is 2. The first-order chi connectivity index (χ1) is 14.0. The van der Waals surface area contributed by atoms with Crippen LogP contribution in [0.3, 0.4) is 0 Å². The molecule has 0 spiro atoms. The summed E-state index contributed by atoms with van der Waals surface area (Å²) in [7, 11) is 3.24. The fourth-order valence-electron chi connectivity index (χ4n) is 3.47. The molecule has 1 aliphatic rings. The normalized spacial score (nSPS) is 14.3. The van der Waals surface area contributed by atoms with Crippen LogP contribution in [0.4, 0.5) is 5.69 Å². The molecule has 1 aromatic carbocycles. The summed E-state index contributed by atoms with van der Waals surface area (Å²) < 4.78 is 10.5. The highest BCUT2D eigenvalue weighted by atomic mass is 32.1. The first kappa shape index (κ1) is 21.2. The number of imide groups is 1. The Balaban J connectivity index is 2.10. The first-order valence-electron chi connectivity index (χ1n) is 9.46. The first-order valence-corrected chi connectivity index (χ1v) is 10.3. The second-order valence-corrected chi connectivity index (χ2v) is 7.86. The van der Waals surface area contributed by atoms with Gasteiger partial charge < -0.3 is 14.4 Å². The van der Waals surface area contributed by atoms with Crippen LogP contribution in [0, 0.1) is 13.8 Å². The zero-order valence-electron chi connectivity index (χ0n) is 17.2. The molecule has 2 amide bonds. The molecule has 154 valence electrons. The predicted octanol–water partition coefficient (Wildman–Crippen LogP) is 3.24. The Kier molecular flexibility index (Phi) is 6.84. The number of hydrogen-bond donors (Lipinski definition) is 0. The van der Waals surface area contributed by atoms with Gasteiger partial charge in [0.05, 0.1) is 24.5 Å². The van der Waals surface area contributed by atoms with E-state index in [2.05, 4.69) is 0 Å². The Bertz CT molecular complexity index is 913. The van der Waals surface area contributed by atoms with Crippen molar-refractivity contribution in [2.75, 3.05) is 45.4 Å². The number of aryl methyl sites for hydroxylation is 2. The van der Waals surface area contributed by atoms with E-state index in [4.69, 9.17) is 9.47 Å². The Labute approximate surface area is 175 Å². The van der Waals surface area contributed by atoms with E-state index in [0.29, 0.717) is 43.3 Å². The summed E-state index contributed by atoms with van der Waals surface area (Å²) in [6.07, 6.45) is 0. The lowest BCUT2D eigenvalue weighted by Gasteiger charge is -2.26. The molecule has 0 unspecified atom stereocenters. The molecule has 0 saturated heterocycles. The number of anilines is 1. The summed E-state index contributed by atoms with van der Waals surface area (Å²) >= 11 is 1.45. The van der Waals surface area contributed by atoms with E-state index in [-0.39, 0.29) is 11.8 Å². The Morgan fingerprint density at radius 3 is 2.24 bits per heavy atom. The molecule has 0 fully saturated rings. The van der Waals surface area contributed by atoms with E-state index in [1.807, 2.05) is 54.5 Å². The van der Waals surface area contributed by atoms with Crippen molar-refractivity contribution in [3.05, 3.63) is 57.4 Å². The quantitative estimate of drug-likeness (QED) is 0.590. The number of carbonyl (C=O) groups excluding carboxylic acids is 2. The third kappa shape index (κ3) is 4.27. The van der Waals surface area contributed by atoms with Crippen LogP contribution in [-0.4, -0.2) is 57.2 Å². The van der Waals surface area contributed by atoms with Crippen LogP contribution in [0.1, 0.15) is 16.0 Å². The van der Waals surface area contributed by atoms with Gasteiger partial charge in [-0.25, -0.2) is 4.90 Å². The minimum atomic E-state index is -0.308. The Morgan fingerprint density at radius 1 is 1.00 bits per heavy atom. The summed E-state index contributed by atoms with van der Waals surface area (Å²) in [6, 6.07) is 9.49. The third-order valence-corrected chi connectivity index (χ3v) is 5.75. The minimum Gasteiger partial charge on any atom is -0.383 e. The Hall–Kier alpha value is -2.48. The molecular formula is C22H26N2O4S. The van der Waals surface area contributed by atoms with E-state index in [1.54, 1.807) is 14.2 Å². The lowest BCUT2D eigenvalue weighted by molar-refractivity contribution is -0.120. The van der Waals surface area contributed by atoms with Gasteiger partial charge in [0.2, 0.25) is 0 Å². The second-order valence-electron chi connectivity index (χ2n) is 6.91. The molecule has 0 radical (unpaired) electrons. The predicted molar refractivity (Wildman–Crippen MR) is 115 cm³/mol. The zero-order chi connectivity index (χ0) is 21.0. The number of benzene rings is 1. The molecule has 3 rings (SSSR count). The average Bonchev–Trinajstić information content (AvgIpc) is 3.30. The SMILES string of the molecule is COCCN(CCOC)C1=C(c2cccs2)C(=O)N(c2ccc(C)cc2C)C1=O. The minimum absolute atomic E-state index is 0.292. The molecule has 1 aromatic heterocycles.